The van der Waals surface area contributed by atoms with Crippen LogP contribution in [0.4, 0.5) is 0 Å². The molecule has 5 aliphatic carbocycles. The Balaban J connectivity index is 1.61. The normalized spacial score (nSPS) is 50.5. The van der Waals surface area contributed by atoms with Gasteiger partial charge in [0.1, 0.15) is 0 Å². The van der Waals surface area contributed by atoms with Crippen LogP contribution < -0.4 is 0 Å². The smallest absolute Gasteiger partial charge is 0.309 e. The third-order valence-corrected chi connectivity index (χ3v) is 13.0. The maximum atomic E-state index is 12.8. The van der Waals surface area contributed by atoms with E-state index in [0.717, 1.165) is 64.2 Å². The zero-order valence-electron chi connectivity index (χ0n) is 22.3. The van der Waals surface area contributed by atoms with Gasteiger partial charge in [-0.15, -0.1) is 0 Å². The van der Waals surface area contributed by atoms with Gasteiger partial charge in [-0.1, -0.05) is 59.6 Å². The van der Waals surface area contributed by atoms with Crippen molar-refractivity contribution in [2.45, 2.75) is 125 Å². The fraction of sp³-hybridized carbons (Fsp3) is 0.900. The van der Waals surface area contributed by atoms with Crippen molar-refractivity contribution in [3.8, 4) is 0 Å². The van der Waals surface area contributed by atoms with Gasteiger partial charge in [0, 0.05) is 0 Å². The summed E-state index contributed by atoms with van der Waals surface area (Å²) in [6.07, 6.45) is 11.2. The number of carboxylic acid groups (broad SMARTS) is 1. The molecule has 0 saturated heterocycles. The molecule has 0 heterocycles. The Labute approximate surface area is 201 Å². The van der Waals surface area contributed by atoms with Crippen LogP contribution in [0.2, 0.25) is 0 Å². The number of aliphatic hydroxyl groups excluding tert-OH is 1. The fourth-order valence-corrected chi connectivity index (χ4v) is 10.5. The summed E-state index contributed by atoms with van der Waals surface area (Å²) < 4.78 is 0. The van der Waals surface area contributed by atoms with E-state index in [4.69, 9.17) is 0 Å². The summed E-state index contributed by atoms with van der Waals surface area (Å²) in [6, 6.07) is 0. The largest absolute Gasteiger partial charge is 0.481 e. The Morgan fingerprint density at radius 1 is 0.788 bits per heavy atom. The number of carbonyl (C=O) groups is 1. The molecule has 0 spiro atoms. The maximum absolute atomic E-state index is 12.8. The molecule has 3 heteroatoms. The first-order chi connectivity index (χ1) is 15.1. The van der Waals surface area contributed by atoms with E-state index < -0.39 is 11.4 Å². The van der Waals surface area contributed by atoms with Crippen LogP contribution in [0, 0.1) is 44.3 Å². The summed E-state index contributed by atoms with van der Waals surface area (Å²) in [7, 11) is 0. The molecule has 0 aromatic rings. The molecule has 3 saturated carbocycles. The van der Waals surface area contributed by atoms with Gasteiger partial charge in [-0.2, -0.15) is 0 Å². The van der Waals surface area contributed by atoms with Gasteiger partial charge in [-0.25, -0.2) is 0 Å². The van der Waals surface area contributed by atoms with Gasteiger partial charge < -0.3 is 10.2 Å². The number of hydrogen-bond donors (Lipinski definition) is 2. The Morgan fingerprint density at radius 2 is 1.45 bits per heavy atom. The minimum Gasteiger partial charge on any atom is -0.481 e. The van der Waals surface area contributed by atoms with Crippen molar-refractivity contribution < 1.29 is 15.0 Å². The van der Waals surface area contributed by atoms with Crippen LogP contribution >= 0.6 is 0 Å². The first-order valence-corrected chi connectivity index (χ1v) is 13.8. The van der Waals surface area contributed by atoms with E-state index in [1.54, 1.807) is 11.1 Å². The Hall–Kier alpha value is -0.830. The molecule has 3 fully saturated rings. The van der Waals surface area contributed by atoms with Crippen molar-refractivity contribution in [2.24, 2.45) is 44.3 Å². The highest BCUT2D eigenvalue weighted by Gasteiger charge is 2.68. The molecule has 33 heavy (non-hydrogen) atoms. The lowest BCUT2D eigenvalue weighted by Gasteiger charge is -2.69. The molecular formula is C30H48O3. The van der Waals surface area contributed by atoms with E-state index in [1.807, 2.05) is 0 Å². The van der Waals surface area contributed by atoms with Crippen LogP contribution in [0.3, 0.4) is 0 Å². The quantitative estimate of drug-likeness (QED) is 0.405. The third kappa shape index (κ3) is 2.87. The van der Waals surface area contributed by atoms with Crippen molar-refractivity contribution in [1.82, 2.24) is 0 Å². The third-order valence-electron chi connectivity index (χ3n) is 13.0. The molecule has 2 N–H and O–H groups in total. The second-order valence-corrected chi connectivity index (χ2v) is 15.0. The molecule has 0 aromatic heterocycles. The van der Waals surface area contributed by atoms with Crippen LogP contribution in [-0.4, -0.2) is 22.3 Å². The lowest BCUT2D eigenvalue weighted by Crippen LogP contribution is -2.63. The van der Waals surface area contributed by atoms with E-state index in [1.165, 1.54) is 6.42 Å². The van der Waals surface area contributed by atoms with Gasteiger partial charge in [0.25, 0.3) is 0 Å². The molecule has 0 aliphatic heterocycles. The highest BCUT2D eigenvalue weighted by Crippen LogP contribution is 2.75. The predicted molar refractivity (Wildman–Crippen MR) is 133 cm³/mol. The summed E-state index contributed by atoms with van der Waals surface area (Å²) in [5.41, 5.74) is 3.44. The highest BCUT2D eigenvalue weighted by molar-refractivity contribution is 5.76. The monoisotopic (exact) mass is 456 g/mol. The molecule has 7 unspecified atom stereocenters. The molecule has 0 radical (unpaired) electrons. The lowest BCUT2D eigenvalue weighted by molar-refractivity contribution is -0.191. The first-order valence-electron chi connectivity index (χ1n) is 13.8. The number of rotatable bonds is 1. The topological polar surface area (TPSA) is 57.5 Å². The van der Waals surface area contributed by atoms with Crippen molar-refractivity contribution in [3.05, 3.63) is 11.1 Å². The molecule has 186 valence electrons. The second kappa shape index (κ2) is 6.89. The second-order valence-electron chi connectivity index (χ2n) is 15.0. The molecule has 7 atom stereocenters. The number of allylic oxidation sites excluding steroid dienone is 2. The summed E-state index contributed by atoms with van der Waals surface area (Å²) in [6.45, 7) is 16.9. The average Bonchev–Trinajstić information content (AvgIpc) is 2.72. The van der Waals surface area contributed by atoms with Crippen molar-refractivity contribution >= 4 is 5.97 Å². The number of fused-ring (bicyclic) bond motifs is 6. The molecular weight excluding hydrogens is 408 g/mol. The van der Waals surface area contributed by atoms with Crippen molar-refractivity contribution in [1.29, 1.82) is 0 Å². The number of carboxylic acids is 1. The van der Waals surface area contributed by atoms with Gasteiger partial charge in [0.2, 0.25) is 0 Å². The van der Waals surface area contributed by atoms with Crippen molar-refractivity contribution in [3.63, 3.8) is 0 Å². The van der Waals surface area contributed by atoms with Gasteiger partial charge in [-0.05, 0) is 110 Å². The Kier molecular flexibility index (Phi) is 4.99. The average molecular weight is 457 g/mol. The van der Waals surface area contributed by atoms with Crippen LogP contribution in [0.25, 0.3) is 0 Å². The van der Waals surface area contributed by atoms with Crippen LogP contribution in [0.1, 0.15) is 119 Å². The molecule has 5 aliphatic rings. The molecule has 0 bridgehead atoms. The summed E-state index contributed by atoms with van der Waals surface area (Å²) in [5.74, 6) is 0.273. The minimum atomic E-state index is -0.528. The minimum absolute atomic E-state index is 0.0361. The summed E-state index contributed by atoms with van der Waals surface area (Å²) in [4.78, 5) is 12.8. The van der Waals surface area contributed by atoms with Gasteiger partial charge in [0.05, 0.1) is 11.5 Å². The van der Waals surface area contributed by atoms with Crippen LogP contribution in [-0.2, 0) is 4.79 Å². The fourth-order valence-electron chi connectivity index (χ4n) is 10.5. The highest BCUT2D eigenvalue weighted by atomic mass is 16.4. The zero-order valence-corrected chi connectivity index (χ0v) is 22.3. The first kappa shape index (κ1) is 23.9. The predicted octanol–water partition coefficient (Wildman–Crippen LogP) is 7.38. The zero-order chi connectivity index (χ0) is 24.2. The molecule has 0 aromatic carbocycles. The van der Waals surface area contributed by atoms with Crippen LogP contribution in [0.5, 0.6) is 0 Å². The maximum Gasteiger partial charge on any atom is 0.309 e. The summed E-state index contributed by atoms with van der Waals surface area (Å²) in [5, 5.41) is 21.4. The van der Waals surface area contributed by atoms with Crippen molar-refractivity contribution in [2.75, 3.05) is 0 Å². The van der Waals surface area contributed by atoms with Crippen LogP contribution in [0.15, 0.2) is 11.1 Å². The number of aliphatic carboxylic acids is 1. The molecule has 5 rings (SSSR count). The van der Waals surface area contributed by atoms with Gasteiger partial charge in [-0.3, -0.25) is 4.79 Å². The standard InChI is InChI=1S/C30H48O3/c1-25(2)14-16-30(24(32)33)17-15-28(6)20-8-9-21-26(3,4)23(31)11-12-27(21,5)19(20)10-13-29(28,7)22(30)18-25/h21-23,31H,8-18H2,1-7H3,(H,32,33). The van der Waals surface area contributed by atoms with E-state index >= 15 is 0 Å². The van der Waals surface area contributed by atoms with E-state index in [9.17, 15) is 15.0 Å². The van der Waals surface area contributed by atoms with Gasteiger partial charge >= 0.3 is 5.97 Å². The lowest BCUT2D eigenvalue weighted by atomic mass is 9.35. The van der Waals surface area contributed by atoms with Gasteiger partial charge in [0.15, 0.2) is 0 Å². The Morgan fingerprint density at radius 3 is 2.12 bits per heavy atom. The van der Waals surface area contributed by atoms with E-state index in [0.29, 0.717) is 5.92 Å². The number of aliphatic hydroxyl groups is 1. The summed E-state index contributed by atoms with van der Waals surface area (Å²) >= 11 is 0. The van der Waals surface area contributed by atoms with E-state index in [-0.39, 0.29) is 39.1 Å². The number of hydrogen-bond acceptors (Lipinski definition) is 2. The van der Waals surface area contributed by atoms with E-state index in [2.05, 4.69) is 48.5 Å². The molecule has 3 nitrogen and oxygen atoms in total. The molecule has 0 amide bonds. The Bertz CT molecular complexity index is 898. The SMILES string of the molecule is CC1(C)CCC2(C(=O)O)CCC3(C)C4=C(CCC3(C)C2C1)C1(C)CCC(O)C(C)(C)C1CC4.